The Morgan fingerprint density at radius 1 is 1.29 bits per heavy atom. The first-order valence-electron chi connectivity index (χ1n) is 9.63. The molecule has 0 unspecified atom stereocenters. The molecule has 1 spiro atoms. The van der Waals surface area contributed by atoms with Crippen LogP contribution in [0.3, 0.4) is 0 Å². The zero-order valence-corrected chi connectivity index (χ0v) is 15.5. The first-order chi connectivity index (χ1) is 13.7. The van der Waals surface area contributed by atoms with E-state index in [2.05, 4.69) is 27.1 Å². The second kappa shape index (κ2) is 7.17. The minimum absolute atomic E-state index is 0.193. The first-order valence-corrected chi connectivity index (χ1v) is 9.63. The molecule has 8 heteroatoms. The fraction of sp³-hybridized carbons (Fsp3) is 0.550. The van der Waals surface area contributed by atoms with Gasteiger partial charge in [0.25, 0.3) is 0 Å². The van der Waals surface area contributed by atoms with E-state index in [0.717, 1.165) is 26.1 Å². The van der Waals surface area contributed by atoms with Crippen LogP contribution < -0.4 is 4.74 Å². The number of pyridine rings is 1. The van der Waals surface area contributed by atoms with Crippen LogP contribution >= 0.6 is 0 Å². The molecule has 8 nitrogen and oxygen atoms in total. The number of aliphatic hydroxyl groups is 1. The molecule has 2 aromatic rings. The molecule has 3 aliphatic rings. The maximum absolute atomic E-state index is 8.89. The van der Waals surface area contributed by atoms with E-state index in [9.17, 15) is 0 Å². The van der Waals surface area contributed by atoms with Gasteiger partial charge in [-0.3, -0.25) is 0 Å². The molecule has 28 heavy (non-hydrogen) atoms. The summed E-state index contributed by atoms with van der Waals surface area (Å²) in [5, 5.41) is 17.3. The van der Waals surface area contributed by atoms with Crippen molar-refractivity contribution in [1.82, 2.24) is 20.0 Å². The van der Waals surface area contributed by atoms with Crippen molar-refractivity contribution >= 4 is 0 Å². The van der Waals surface area contributed by atoms with Crippen LogP contribution in [0.2, 0.25) is 0 Å². The summed E-state index contributed by atoms with van der Waals surface area (Å²) >= 11 is 0. The molecule has 0 bridgehead atoms. The van der Waals surface area contributed by atoms with Crippen LogP contribution in [0, 0.1) is 17.3 Å². The zero-order valence-electron chi connectivity index (χ0n) is 15.5. The summed E-state index contributed by atoms with van der Waals surface area (Å²) in [6.07, 6.45) is 7.87. The van der Waals surface area contributed by atoms with E-state index >= 15 is 0 Å². The summed E-state index contributed by atoms with van der Waals surface area (Å²) in [7, 11) is 0. The number of ether oxygens (including phenoxy) is 3. The van der Waals surface area contributed by atoms with Crippen LogP contribution in [-0.2, 0) is 16.0 Å². The van der Waals surface area contributed by atoms with E-state index < -0.39 is 0 Å². The van der Waals surface area contributed by atoms with Gasteiger partial charge in [0, 0.05) is 17.2 Å². The van der Waals surface area contributed by atoms with Crippen LogP contribution in [0.25, 0.3) is 11.4 Å². The number of hydrogen-bond donors (Lipinski definition) is 1. The fourth-order valence-corrected chi connectivity index (χ4v) is 3.15. The highest BCUT2D eigenvalue weighted by molar-refractivity contribution is 5.63. The van der Waals surface area contributed by atoms with Gasteiger partial charge in [0.1, 0.15) is 23.7 Å². The third-order valence-electron chi connectivity index (χ3n) is 5.21. The molecular weight excluding hydrogens is 360 g/mol. The molecule has 0 radical (unpaired) electrons. The number of aliphatic hydroxyl groups excluding tert-OH is 1. The third kappa shape index (κ3) is 3.87. The second-order valence-corrected chi connectivity index (χ2v) is 7.73. The number of aromatic nitrogens is 4. The average Bonchev–Trinajstić information content (AvgIpc) is 3.63. The maximum Gasteiger partial charge on any atom is 0.177 e. The minimum Gasteiger partial charge on any atom is -0.488 e. The molecule has 1 aliphatic heterocycles. The zero-order chi connectivity index (χ0) is 19.0. The van der Waals surface area contributed by atoms with E-state index in [-0.39, 0.29) is 24.4 Å². The molecule has 3 heterocycles. The highest BCUT2D eigenvalue weighted by Gasteiger charge is 2.47. The molecule has 2 saturated carbocycles. The van der Waals surface area contributed by atoms with Gasteiger partial charge < -0.3 is 19.3 Å². The van der Waals surface area contributed by atoms with Crippen molar-refractivity contribution in [3.63, 3.8) is 0 Å². The lowest BCUT2D eigenvalue weighted by atomic mass is 10.1. The number of hydrogen-bond acceptors (Lipinski definition) is 7. The van der Waals surface area contributed by atoms with Crippen molar-refractivity contribution in [2.75, 3.05) is 19.8 Å². The Morgan fingerprint density at radius 3 is 2.82 bits per heavy atom. The summed E-state index contributed by atoms with van der Waals surface area (Å²) in [6, 6.07) is 1.84. The minimum atomic E-state index is -0.299. The van der Waals surface area contributed by atoms with Crippen LogP contribution in [0.4, 0.5) is 0 Å². The predicted octanol–water partition coefficient (Wildman–Crippen LogP) is 1.38. The summed E-state index contributed by atoms with van der Waals surface area (Å²) in [5.41, 5.74) is 2.24. The van der Waals surface area contributed by atoms with Crippen LogP contribution in [0.1, 0.15) is 31.2 Å². The predicted molar refractivity (Wildman–Crippen MR) is 98.2 cm³/mol. The van der Waals surface area contributed by atoms with Gasteiger partial charge in [0.05, 0.1) is 32.1 Å². The van der Waals surface area contributed by atoms with Crippen LogP contribution in [0.15, 0.2) is 18.5 Å². The summed E-state index contributed by atoms with van der Waals surface area (Å²) < 4.78 is 19.4. The normalized spacial score (nSPS) is 20.6. The summed E-state index contributed by atoms with van der Waals surface area (Å²) in [5.74, 6) is 6.13. The number of nitrogens with zero attached hydrogens (tertiary/aromatic N) is 4. The lowest BCUT2D eigenvalue weighted by molar-refractivity contribution is -0.213. The molecule has 5 rings (SSSR count). The highest BCUT2D eigenvalue weighted by atomic mass is 16.7. The highest BCUT2D eigenvalue weighted by Crippen LogP contribution is 2.48. The molecule has 0 aromatic carbocycles. The van der Waals surface area contributed by atoms with Crippen molar-refractivity contribution in [1.29, 1.82) is 0 Å². The largest absolute Gasteiger partial charge is 0.488 e. The van der Waals surface area contributed by atoms with Crippen LogP contribution in [-0.4, -0.2) is 57.3 Å². The fourth-order valence-electron chi connectivity index (χ4n) is 3.15. The molecule has 3 fully saturated rings. The molecule has 0 atom stereocenters. The molecule has 146 valence electrons. The van der Waals surface area contributed by atoms with E-state index in [0.29, 0.717) is 29.2 Å². The molecule has 2 aromatic heterocycles. The van der Waals surface area contributed by atoms with Gasteiger partial charge in [0.15, 0.2) is 6.29 Å². The van der Waals surface area contributed by atoms with Crippen LogP contribution in [0.5, 0.6) is 5.75 Å². The van der Waals surface area contributed by atoms with Gasteiger partial charge in [-0.1, -0.05) is 17.1 Å². The Bertz CT molecular complexity index is 914. The monoisotopic (exact) mass is 382 g/mol. The molecule has 1 N–H and O–H groups in total. The Balaban J connectivity index is 1.32. The van der Waals surface area contributed by atoms with E-state index in [4.69, 9.17) is 19.3 Å². The van der Waals surface area contributed by atoms with E-state index in [1.165, 1.54) is 12.8 Å². The van der Waals surface area contributed by atoms with E-state index in [1.807, 2.05) is 12.3 Å². The average molecular weight is 382 g/mol. The van der Waals surface area contributed by atoms with Crippen molar-refractivity contribution in [2.45, 2.75) is 44.6 Å². The Hall–Kier alpha value is -2.47. The van der Waals surface area contributed by atoms with Gasteiger partial charge in [-0.05, 0) is 31.7 Å². The molecular formula is C20H22N4O4. The molecule has 0 amide bonds. The van der Waals surface area contributed by atoms with Crippen molar-refractivity contribution in [2.24, 2.45) is 5.41 Å². The number of rotatable bonds is 5. The maximum atomic E-state index is 8.89. The Kier molecular flexibility index (Phi) is 4.51. The SMILES string of the molecule is OCC#Cc1cnc(-c2cn(CC3OCC4(CC4)CO3)nn2)c(OC2CC2)c1. The van der Waals surface area contributed by atoms with Crippen molar-refractivity contribution in [3.05, 3.63) is 24.0 Å². The summed E-state index contributed by atoms with van der Waals surface area (Å²) in [6.45, 7) is 1.82. The van der Waals surface area contributed by atoms with Gasteiger partial charge in [-0.2, -0.15) is 0 Å². The third-order valence-corrected chi connectivity index (χ3v) is 5.21. The van der Waals surface area contributed by atoms with Gasteiger partial charge in [-0.25, -0.2) is 9.67 Å². The second-order valence-electron chi connectivity index (χ2n) is 7.73. The van der Waals surface area contributed by atoms with Crippen molar-refractivity contribution < 1.29 is 19.3 Å². The summed E-state index contributed by atoms with van der Waals surface area (Å²) in [4.78, 5) is 4.48. The topological polar surface area (TPSA) is 91.5 Å². The quantitative estimate of drug-likeness (QED) is 0.781. The van der Waals surface area contributed by atoms with E-state index in [1.54, 1.807) is 10.9 Å². The smallest absolute Gasteiger partial charge is 0.177 e. The Labute approximate surface area is 162 Å². The lowest BCUT2D eigenvalue weighted by Gasteiger charge is -2.29. The van der Waals surface area contributed by atoms with Crippen molar-refractivity contribution in [3.8, 4) is 29.0 Å². The molecule has 1 saturated heterocycles. The van der Waals surface area contributed by atoms with Gasteiger partial charge >= 0.3 is 0 Å². The lowest BCUT2D eigenvalue weighted by Crippen LogP contribution is -2.36. The Morgan fingerprint density at radius 2 is 2.11 bits per heavy atom. The first kappa shape index (κ1) is 17.6. The molecule has 2 aliphatic carbocycles. The van der Waals surface area contributed by atoms with Gasteiger partial charge in [-0.15, -0.1) is 5.10 Å². The van der Waals surface area contributed by atoms with Gasteiger partial charge in [0.2, 0.25) is 0 Å². The standard InChI is InChI=1S/C20H22N4O4/c25-7-1-2-14-8-17(28-15-3-4-15)19(21-9-14)16-10-24(23-22-16)11-18-26-12-20(5-6-20)13-27-18/h8-10,15,18,25H,3-7,11-13H2.